The number of aromatic nitrogens is 1. The minimum atomic E-state index is -0.215. The zero-order valence-corrected chi connectivity index (χ0v) is 10.6. The Morgan fingerprint density at radius 3 is 2.75 bits per heavy atom. The van der Waals surface area contributed by atoms with Gasteiger partial charge in [0.2, 0.25) is 0 Å². The van der Waals surface area contributed by atoms with Crippen molar-refractivity contribution in [3.05, 3.63) is 23.5 Å². The van der Waals surface area contributed by atoms with Gasteiger partial charge in [-0.3, -0.25) is 0 Å². The van der Waals surface area contributed by atoms with Crippen LogP contribution in [0.15, 0.2) is 12.3 Å². The molecule has 90 valence electrons. The van der Waals surface area contributed by atoms with Gasteiger partial charge in [0.1, 0.15) is 5.69 Å². The van der Waals surface area contributed by atoms with Gasteiger partial charge >= 0.3 is 5.97 Å². The molecule has 0 fully saturated rings. The molecule has 1 atom stereocenters. The topological polar surface area (TPSA) is 31.2 Å². The molecule has 16 heavy (non-hydrogen) atoms. The summed E-state index contributed by atoms with van der Waals surface area (Å²) in [7, 11) is 0. The van der Waals surface area contributed by atoms with E-state index in [9.17, 15) is 4.79 Å². The quantitative estimate of drug-likeness (QED) is 0.718. The summed E-state index contributed by atoms with van der Waals surface area (Å²) in [6.07, 6.45) is 3.08. The van der Waals surface area contributed by atoms with Gasteiger partial charge in [0, 0.05) is 12.7 Å². The first kappa shape index (κ1) is 12.8. The lowest BCUT2D eigenvalue weighted by molar-refractivity contribution is 0.0512. The average Bonchev–Trinajstić information content (AvgIpc) is 2.60. The number of carbonyl (C=O) groups is 1. The van der Waals surface area contributed by atoms with Crippen molar-refractivity contribution in [3.63, 3.8) is 0 Å². The van der Waals surface area contributed by atoms with Crippen LogP contribution in [0.1, 0.15) is 43.2 Å². The number of hydrogen-bond acceptors (Lipinski definition) is 2. The summed E-state index contributed by atoms with van der Waals surface area (Å²) in [6, 6.07) is 1.97. The predicted octanol–water partition coefficient (Wildman–Crippen LogP) is 3.02. The van der Waals surface area contributed by atoms with Crippen LogP contribution in [-0.4, -0.2) is 17.1 Å². The molecule has 1 aromatic rings. The van der Waals surface area contributed by atoms with Crippen LogP contribution >= 0.6 is 0 Å². The van der Waals surface area contributed by atoms with E-state index < -0.39 is 0 Å². The van der Waals surface area contributed by atoms with Crippen LogP contribution in [0, 0.1) is 12.8 Å². The van der Waals surface area contributed by atoms with Crippen LogP contribution in [0.5, 0.6) is 0 Å². The van der Waals surface area contributed by atoms with Crippen molar-refractivity contribution < 1.29 is 9.53 Å². The Balaban J connectivity index is 2.89. The van der Waals surface area contributed by atoms with E-state index >= 15 is 0 Å². The molecule has 0 aromatic carbocycles. The third kappa shape index (κ3) is 2.87. The van der Waals surface area contributed by atoms with Crippen LogP contribution in [0.25, 0.3) is 0 Å². The third-order valence-electron chi connectivity index (χ3n) is 2.84. The molecule has 1 heterocycles. The van der Waals surface area contributed by atoms with E-state index in [1.54, 1.807) is 0 Å². The van der Waals surface area contributed by atoms with Gasteiger partial charge in [0.25, 0.3) is 0 Å². The highest BCUT2D eigenvalue weighted by molar-refractivity contribution is 5.89. The molecule has 0 aliphatic rings. The molecule has 1 rings (SSSR count). The average molecular weight is 223 g/mol. The molecule has 0 saturated heterocycles. The summed E-state index contributed by atoms with van der Waals surface area (Å²) in [5.41, 5.74) is 1.68. The van der Waals surface area contributed by atoms with Crippen molar-refractivity contribution >= 4 is 5.97 Å². The fourth-order valence-corrected chi connectivity index (χ4v) is 1.68. The van der Waals surface area contributed by atoms with Crippen molar-refractivity contribution in [2.45, 2.75) is 40.7 Å². The third-order valence-corrected chi connectivity index (χ3v) is 2.84. The molecule has 0 saturated carbocycles. The summed E-state index contributed by atoms with van der Waals surface area (Å²) >= 11 is 0. The summed E-state index contributed by atoms with van der Waals surface area (Å²) in [5, 5.41) is 0. The number of hydrogen-bond donors (Lipinski definition) is 0. The van der Waals surface area contributed by atoms with Gasteiger partial charge in [0.05, 0.1) is 6.61 Å². The standard InChI is InChI=1S/C13H21NO2/c1-5-10(3)9-14-8-7-11(4)12(14)13(15)16-6-2/h7-8,10H,5-6,9H2,1-4H3. The Morgan fingerprint density at radius 2 is 2.19 bits per heavy atom. The first-order valence-electron chi connectivity index (χ1n) is 5.93. The van der Waals surface area contributed by atoms with Gasteiger partial charge in [-0.1, -0.05) is 20.3 Å². The lowest BCUT2D eigenvalue weighted by atomic mass is 10.1. The Hall–Kier alpha value is -1.25. The molecular formula is C13H21NO2. The molecule has 1 unspecified atom stereocenters. The molecule has 0 amide bonds. The highest BCUT2D eigenvalue weighted by Gasteiger charge is 2.16. The van der Waals surface area contributed by atoms with E-state index in [1.165, 1.54) is 0 Å². The molecule has 0 spiro atoms. The van der Waals surface area contributed by atoms with Gasteiger partial charge in [-0.2, -0.15) is 0 Å². The molecule has 0 bridgehead atoms. The first-order valence-corrected chi connectivity index (χ1v) is 5.93. The molecule has 0 N–H and O–H groups in total. The molecule has 3 nitrogen and oxygen atoms in total. The highest BCUT2D eigenvalue weighted by Crippen LogP contribution is 2.15. The fraction of sp³-hybridized carbons (Fsp3) is 0.615. The zero-order valence-electron chi connectivity index (χ0n) is 10.6. The van der Waals surface area contributed by atoms with Crippen molar-refractivity contribution in [2.75, 3.05) is 6.61 Å². The highest BCUT2D eigenvalue weighted by atomic mass is 16.5. The second-order valence-electron chi connectivity index (χ2n) is 4.23. The summed E-state index contributed by atoms with van der Waals surface area (Å²) in [5.74, 6) is 0.355. The van der Waals surface area contributed by atoms with E-state index in [-0.39, 0.29) is 5.97 Å². The van der Waals surface area contributed by atoms with Gasteiger partial charge < -0.3 is 9.30 Å². The second kappa shape index (κ2) is 5.73. The van der Waals surface area contributed by atoms with Crippen LogP contribution in [-0.2, 0) is 11.3 Å². The van der Waals surface area contributed by atoms with Crippen LogP contribution in [0.2, 0.25) is 0 Å². The van der Waals surface area contributed by atoms with Gasteiger partial charge in [0.15, 0.2) is 0 Å². The van der Waals surface area contributed by atoms with Crippen molar-refractivity contribution in [1.82, 2.24) is 4.57 Å². The lowest BCUT2D eigenvalue weighted by Gasteiger charge is -2.13. The van der Waals surface area contributed by atoms with Crippen molar-refractivity contribution in [3.8, 4) is 0 Å². The van der Waals surface area contributed by atoms with E-state index in [1.807, 2.05) is 30.7 Å². The van der Waals surface area contributed by atoms with Gasteiger partial charge in [-0.05, 0) is 31.4 Å². The fourth-order valence-electron chi connectivity index (χ4n) is 1.68. The van der Waals surface area contributed by atoms with Crippen LogP contribution < -0.4 is 0 Å². The minimum Gasteiger partial charge on any atom is -0.461 e. The molecule has 1 aromatic heterocycles. The van der Waals surface area contributed by atoms with Crippen molar-refractivity contribution in [2.24, 2.45) is 5.92 Å². The van der Waals surface area contributed by atoms with Gasteiger partial charge in [-0.15, -0.1) is 0 Å². The number of esters is 1. The summed E-state index contributed by atoms with van der Waals surface area (Å²) in [6.45, 7) is 9.41. The Bertz CT molecular complexity index is 355. The molecule has 3 heteroatoms. The Morgan fingerprint density at radius 1 is 1.50 bits per heavy atom. The normalized spacial score (nSPS) is 12.5. The second-order valence-corrected chi connectivity index (χ2v) is 4.23. The largest absolute Gasteiger partial charge is 0.461 e. The molecule has 0 aliphatic heterocycles. The minimum absolute atomic E-state index is 0.215. The summed E-state index contributed by atoms with van der Waals surface area (Å²) < 4.78 is 7.06. The number of carbonyl (C=O) groups excluding carboxylic acids is 1. The first-order chi connectivity index (χ1) is 7.60. The van der Waals surface area contributed by atoms with Crippen molar-refractivity contribution in [1.29, 1.82) is 0 Å². The maximum Gasteiger partial charge on any atom is 0.355 e. The van der Waals surface area contributed by atoms with E-state index in [0.29, 0.717) is 18.2 Å². The van der Waals surface area contributed by atoms with E-state index in [0.717, 1.165) is 18.5 Å². The smallest absolute Gasteiger partial charge is 0.355 e. The molecule has 0 radical (unpaired) electrons. The number of nitrogens with zero attached hydrogens (tertiary/aromatic N) is 1. The number of rotatable bonds is 5. The number of aryl methyl sites for hydroxylation is 1. The zero-order chi connectivity index (χ0) is 12.1. The maximum atomic E-state index is 11.8. The molecular weight excluding hydrogens is 202 g/mol. The monoisotopic (exact) mass is 223 g/mol. The SMILES string of the molecule is CCOC(=O)c1c(C)ccn1CC(C)CC. The van der Waals surface area contributed by atoms with E-state index in [2.05, 4.69) is 13.8 Å². The maximum absolute atomic E-state index is 11.8. The predicted molar refractivity (Wildman–Crippen MR) is 64.6 cm³/mol. The van der Waals surface area contributed by atoms with E-state index in [4.69, 9.17) is 4.74 Å². The molecule has 0 aliphatic carbocycles. The lowest BCUT2D eigenvalue weighted by Crippen LogP contribution is -2.16. The Kier molecular flexibility index (Phi) is 4.59. The Labute approximate surface area is 97.4 Å². The summed E-state index contributed by atoms with van der Waals surface area (Å²) in [4.78, 5) is 11.8. The van der Waals surface area contributed by atoms with Gasteiger partial charge in [-0.25, -0.2) is 4.79 Å². The van der Waals surface area contributed by atoms with Crippen LogP contribution in [0.4, 0.5) is 0 Å². The number of ether oxygens (including phenoxy) is 1. The van der Waals surface area contributed by atoms with Crippen LogP contribution in [0.3, 0.4) is 0 Å².